The average Bonchev–Trinajstić information content (AvgIpc) is 3.38. The van der Waals surface area contributed by atoms with E-state index >= 15 is 0 Å². The standard InChI is InChI=1S/C28H40N2S3/c1-2-3-4-5-6-7-8-9-10-11-12-13-14-15-16-17-20-31-28-22-27-26(33-28)21-25(32-27)24(23-30)18-19-29/h18,21-22H,2-17,20H2,1H3/b24-18+. The van der Waals surface area contributed by atoms with Gasteiger partial charge in [-0.1, -0.05) is 103 Å². The highest BCUT2D eigenvalue weighted by molar-refractivity contribution is 8.01. The summed E-state index contributed by atoms with van der Waals surface area (Å²) in [6.45, 7) is 2.29. The normalized spacial score (nSPS) is 11.7. The summed E-state index contributed by atoms with van der Waals surface area (Å²) in [5, 5.41) is 18.0. The average molecular weight is 501 g/mol. The third-order valence-electron chi connectivity index (χ3n) is 6.02. The first-order chi connectivity index (χ1) is 16.3. The number of rotatable bonds is 19. The molecule has 5 heteroatoms. The van der Waals surface area contributed by atoms with Gasteiger partial charge in [-0.05, 0) is 24.3 Å². The molecule has 0 atom stereocenters. The van der Waals surface area contributed by atoms with E-state index in [0.29, 0.717) is 5.57 Å². The van der Waals surface area contributed by atoms with Crippen LogP contribution in [0.15, 0.2) is 22.4 Å². The van der Waals surface area contributed by atoms with Crippen molar-refractivity contribution in [2.75, 3.05) is 5.75 Å². The Labute approximate surface area is 214 Å². The maximum atomic E-state index is 9.18. The number of hydrogen-bond donors (Lipinski definition) is 0. The minimum Gasteiger partial charge on any atom is -0.193 e. The summed E-state index contributed by atoms with van der Waals surface area (Å²) < 4.78 is 3.82. The predicted octanol–water partition coefficient (Wildman–Crippen LogP) is 10.7. The van der Waals surface area contributed by atoms with Crippen molar-refractivity contribution in [3.05, 3.63) is 23.1 Å². The number of nitrogens with zero attached hydrogens (tertiary/aromatic N) is 2. The molecule has 33 heavy (non-hydrogen) atoms. The second-order valence-corrected chi connectivity index (χ2v) is 12.4. The fraction of sp³-hybridized carbons (Fsp3) is 0.643. The molecule has 2 aromatic rings. The maximum absolute atomic E-state index is 9.18. The molecule has 0 fully saturated rings. The molecule has 180 valence electrons. The van der Waals surface area contributed by atoms with E-state index in [1.54, 1.807) is 22.7 Å². The Morgan fingerprint density at radius 3 is 1.76 bits per heavy atom. The molecule has 0 bridgehead atoms. The van der Waals surface area contributed by atoms with Crippen molar-refractivity contribution in [3.8, 4) is 12.1 Å². The molecule has 0 aliphatic heterocycles. The van der Waals surface area contributed by atoms with Crippen LogP contribution in [-0.4, -0.2) is 5.75 Å². The van der Waals surface area contributed by atoms with Crippen molar-refractivity contribution in [3.63, 3.8) is 0 Å². The number of hydrogen-bond acceptors (Lipinski definition) is 5. The molecule has 0 aliphatic carbocycles. The van der Waals surface area contributed by atoms with Gasteiger partial charge in [0, 0.05) is 20.4 Å². The molecule has 0 saturated carbocycles. The molecule has 0 radical (unpaired) electrons. The van der Waals surface area contributed by atoms with Crippen LogP contribution in [0.3, 0.4) is 0 Å². The van der Waals surface area contributed by atoms with E-state index in [0.717, 1.165) is 4.88 Å². The lowest BCUT2D eigenvalue weighted by molar-refractivity contribution is 0.532. The Bertz CT molecular complexity index is 863. The number of thiophene rings is 2. The van der Waals surface area contributed by atoms with E-state index in [2.05, 4.69) is 25.1 Å². The first-order valence-electron chi connectivity index (χ1n) is 12.9. The van der Waals surface area contributed by atoms with Gasteiger partial charge in [0.1, 0.15) is 6.07 Å². The van der Waals surface area contributed by atoms with Crippen molar-refractivity contribution < 1.29 is 0 Å². The van der Waals surface area contributed by atoms with Crippen molar-refractivity contribution in [1.29, 1.82) is 10.5 Å². The van der Waals surface area contributed by atoms with Gasteiger partial charge in [-0.15, -0.1) is 34.4 Å². The fourth-order valence-electron chi connectivity index (χ4n) is 4.06. The maximum Gasteiger partial charge on any atom is 0.101 e. The van der Waals surface area contributed by atoms with Gasteiger partial charge in [0.25, 0.3) is 0 Å². The minimum absolute atomic E-state index is 0.466. The van der Waals surface area contributed by atoms with Crippen LogP contribution < -0.4 is 0 Å². The summed E-state index contributed by atoms with van der Waals surface area (Å²) in [5.74, 6) is 1.19. The lowest BCUT2D eigenvalue weighted by atomic mass is 10.0. The van der Waals surface area contributed by atoms with Crippen LogP contribution in [0.5, 0.6) is 0 Å². The predicted molar refractivity (Wildman–Crippen MR) is 149 cm³/mol. The van der Waals surface area contributed by atoms with Crippen LogP contribution in [0.1, 0.15) is 115 Å². The highest BCUT2D eigenvalue weighted by atomic mass is 32.2. The van der Waals surface area contributed by atoms with Crippen LogP contribution in [-0.2, 0) is 0 Å². The van der Waals surface area contributed by atoms with E-state index < -0.39 is 0 Å². The molecule has 2 aromatic heterocycles. The molecule has 0 unspecified atom stereocenters. The summed E-state index contributed by atoms with van der Waals surface area (Å²) >= 11 is 5.38. The smallest absolute Gasteiger partial charge is 0.101 e. The second-order valence-electron chi connectivity index (χ2n) is 8.86. The zero-order valence-electron chi connectivity index (χ0n) is 20.4. The Morgan fingerprint density at radius 2 is 1.27 bits per heavy atom. The Balaban J connectivity index is 1.42. The second kappa shape index (κ2) is 18.1. The SMILES string of the molecule is CCCCCCCCCCCCCCCCCCSc1cc2sc(/C(C#N)=C/C#N)cc2s1. The fourth-order valence-corrected chi connectivity index (χ4v) is 7.74. The number of fused-ring (bicyclic) bond motifs is 1. The molecule has 0 aliphatic rings. The number of allylic oxidation sites excluding steroid dienone is 2. The van der Waals surface area contributed by atoms with Gasteiger partial charge >= 0.3 is 0 Å². The van der Waals surface area contributed by atoms with Gasteiger partial charge < -0.3 is 0 Å². The van der Waals surface area contributed by atoms with Gasteiger partial charge in [0.15, 0.2) is 0 Å². The molecule has 2 heterocycles. The third-order valence-corrected chi connectivity index (χ3v) is 9.64. The van der Waals surface area contributed by atoms with Crippen LogP contribution in [0.4, 0.5) is 0 Å². The van der Waals surface area contributed by atoms with Crippen LogP contribution in [0, 0.1) is 22.7 Å². The van der Waals surface area contributed by atoms with Crippen molar-refractivity contribution in [2.24, 2.45) is 0 Å². The van der Waals surface area contributed by atoms with E-state index in [4.69, 9.17) is 5.26 Å². The van der Waals surface area contributed by atoms with Crippen LogP contribution in [0.2, 0.25) is 0 Å². The van der Waals surface area contributed by atoms with Gasteiger partial charge in [-0.3, -0.25) is 0 Å². The third kappa shape index (κ3) is 11.6. The lowest BCUT2D eigenvalue weighted by Gasteiger charge is -2.03. The molecule has 0 N–H and O–H groups in total. The zero-order valence-corrected chi connectivity index (χ0v) is 22.8. The van der Waals surface area contributed by atoms with Gasteiger partial charge in [0.2, 0.25) is 0 Å². The zero-order chi connectivity index (χ0) is 23.6. The van der Waals surface area contributed by atoms with Gasteiger partial charge in [-0.2, -0.15) is 10.5 Å². The van der Waals surface area contributed by atoms with Crippen molar-refractivity contribution >= 4 is 49.4 Å². The topological polar surface area (TPSA) is 47.6 Å². The Kier molecular flexibility index (Phi) is 15.3. The van der Waals surface area contributed by atoms with E-state index in [-0.39, 0.29) is 0 Å². The first-order valence-corrected chi connectivity index (χ1v) is 15.6. The van der Waals surface area contributed by atoms with E-state index in [9.17, 15) is 5.26 Å². The van der Waals surface area contributed by atoms with Crippen LogP contribution >= 0.6 is 34.4 Å². The molecular formula is C28H40N2S3. The number of unbranched alkanes of at least 4 members (excludes halogenated alkanes) is 15. The minimum atomic E-state index is 0.466. The first kappa shape index (κ1) is 28.0. The summed E-state index contributed by atoms with van der Waals surface area (Å²) in [6, 6.07) is 8.37. The van der Waals surface area contributed by atoms with E-state index in [1.807, 2.05) is 17.8 Å². The Hall–Kier alpha value is -1.27. The molecular weight excluding hydrogens is 461 g/mol. The van der Waals surface area contributed by atoms with Crippen molar-refractivity contribution in [1.82, 2.24) is 0 Å². The highest BCUT2D eigenvalue weighted by Gasteiger charge is 2.10. The monoisotopic (exact) mass is 500 g/mol. The highest BCUT2D eigenvalue weighted by Crippen LogP contribution is 2.40. The lowest BCUT2D eigenvalue weighted by Crippen LogP contribution is -1.84. The molecule has 0 aromatic carbocycles. The van der Waals surface area contributed by atoms with Gasteiger partial charge in [-0.25, -0.2) is 0 Å². The summed E-state index contributed by atoms with van der Waals surface area (Å²) in [7, 11) is 0. The molecule has 0 amide bonds. The van der Waals surface area contributed by atoms with Crippen LogP contribution in [0.25, 0.3) is 15.0 Å². The largest absolute Gasteiger partial charge is 0.193 e. The molecule has 0 saturated heterocycles. The van der Waals surface area contributed by atoms with E-state index in [1.165, 1.54) is 128 Å². The van der Waals surface area contributed by atoms with Gasteiger partial charge in [0.05, 0.1) is 15.9 Å². The molecule has 0 spiro atoms. The summed E-state index contributed by atoms with van der Waals surface area (Å²) in [5.41, 5.74) is 0.466. The molecule has 2 rings (SSSR count). The Morgan fingerprint density at radius 1 is 0.758 bits per heavy atom. The number of nitriles is 2. The molecule has 2 nitrogen and oxygen atoms in total. The quantitative estimate of drug-likeness (QED) is 0.109. The summed E-state index contributed by atoms with van der Waals surface area (Å²) in [4.78, 5) is 0.898. The number of thioether (sulfide) groups is 1. The van der Waals surface area contributed by atoms with Crippen molar-refractivity contribution in [2.45, 2.75) is 114 Å². The summed E-state index contributed by atoms with van der Waals surface area (Å²) in [6.07, 6.45) is 23.9.